The first-order valence-corrected chi connectivity index (χ1v) is 7.50. The van der Waals surface area contributed by atoms with Crippen LogP contribution >= 0.6 is 0 Å². The van der Waals surface area contributed by atoms with Crippen LogP contribution in [0.5, 0.6) is 5.75 Å². The molecule has 1 N–H and O–H groups in total. The Labute approximate surface area is 125 Å². The van der Waals surface area contributed by atoms with Crippen molar-refractivity contribution in [1.82, 2.24) is 5.32 Å². The molecule has 0 radical (unpaired) electrons. The van der Waals surface area contributed by atoms with Crippen molar-refractivity contribution in [2.45, 2.75) is 32.4 Å². The van der Waals surface area contributed by atoms with Gasteiger partial charge in [-0.25, -0.2) is 4.39 Å². The fourth-order valence-corrected chi connectivity index (χ4v) is 2.80. The van der Waals surface area contributed by atoms with Gasteiger partial charge in [-0.3, -0.25) is 0 Å². The lowest BCUT2D eigenvalue weighted by Crippen LogP contribution is -2.21. The number of halogens is 1. The number of ether oxygens (including phenoxy) is 1. The van der Waals surface area contributed by atoms with Crippen LogP contribution in [0.3, 0.4) is 0 Å². The summed E-state index contributed by atoms with van der Waals surface area (Å²) in [7, 11) is 0. The fraction of sp³-hybridized carbons (Fsp3) is 0.333. The number of hydrogen-bond acceptors (Lipinski definition) is 2. The van der Waals surface area contributed by atoms with Gasteiger partial charge in [0, 0.05) is 24.6 Å². The monoisotopic (exact) mass is 285 g/mol. The van der Waals surface area contributed by atoms with Crippen LogP contribution in [0.25, 0.3) is 0 Å². The molecule has 0 bridgehead atoms. The van der Waals surface area contributed by atoms with E-state index in [1.807, 2.05) is 18.2 Å². The summed E-state index contributed by atoms with van der Waals surface area (Å²) in [6.07, 6.45) is 1.95. The highest BCUT2D eigenvalue weighted by atomic mass is 19.1. The van der Waals surface area contributed by atoms with Gasteiger partial charge in [0.1, 0.15) is 11.6 Å². The summed E-state index contributed by atoms with van der Waals surface area (Å²) in [5.41, 5.74) is 3.23. The Morgan fingerprint density at radius 1 is 1.24 bits per heavy atom. The number of nitrogens with one attached hydrogen (secondary N) is 1. The normalized spacial score (nSPS) is 14.6. The summed E-state index contributed by atoms with van der Waals surface area (Å²) in [5, 5.41) is 3.45. The van der Waals surface area contributed by atoms with Crippen molar-refractivity contribution in [3.8, 4) is 5.75 Å². The minimum atomic E-state index is -0.151. The second kappa shape index (κ2) is 6.27. The van der Waals surface area contributed by atoms with Gasteiger partial charge in [-0.1, -0.05) is 37.3 Å². The van der Waals surface area contributed by atoms with Crippen LogP contribution in [0.2, 0.25) is 0 Å². The van der Waals surface area contributed by atoms with Gasteiger partial charge in [-0.05, 0) is 29.7 Å². The van der Waals surface area contributed by atoms with Crippen LogP contribution in [0.4, 0.5) is 4.39 Å². The van der Waals surface area contributed by atoms with Crippen molar-refractivity contribution in [2.75, 3.05) is 6.61 Å². The maximum absolute atomic E-state index is 13.7. The Kier molecular flexibility index (Phi) is 4.20. The zero-order valence-corrected chi connectivity index (χ0v) is 12.2. The molecule has 1 unspecified atom stereocenters. The first-order valence-electron chi connectivity index (χ1n) is 7.50. The third-order valence-electron chi connectivity index (χ3n) is 4.02. The average molecular weight is 285 g/mol. The van der Waals surface area contributed by atoms with Crippen LogP contribution in [-0.4, -0.2) is 6.61 Å². The van der Waals surface area contributed by atoms with Crippen LogP contribution in [-0.2, 0) is 13.0 Å². The molecular formula is C18H20FNO. The second-order valence-corrected chi connectivity index (χ2v) is 5.40. The maximum Gasteiger partial charge on any atom is 0.127 e. The van der Waals surface area contributed by atoms with Gasteiger partial charge in [0.15, 0.2) is 0 Å². The van der Waals surface area contributed by atoms with E-state index in [0.717, 1.165) is 25.2 Å². The molecule has 1 heterocycles. The van der Waals surface area contributed by atoms with E-state index in [1.165, 1.54) is 17.2 Å². The third-order valence-corrected chi connectivity index (χ3v) is 4.02. The summed E-state index contributed by atoms with van der Waals surface area (Å²) in [5.74, 6) is 0.852. The molecule has 0 amide bonds. The van der Waals surface area contributed by atoms with Crippen molar-refractivity contribution in [1.29, 1.82) is 0 Å². The van der Waals surface area contributed by atoms with Crippen molar-refractivity contribution < 1.29 is 9.13 Å². The molecule has 110 valence electrons. The molecule has 0 saturated carbocycles. The van der Waals surface area contributed by atoms with E-state index in [2.05, 4.69) is 24.4 Å². The van der Waals surface area contributed by atoms with E-state index in [0.29, 0.717) is 12.1 Å². The second-order valence-electron chi connectivity index (χ2n) is 5.40. The molecule has 0 saturated heterocycles. The topological polar surface area (TPSA) is 21.3 Å². The van der Waals surface area contributed by atoms with E-state index in [1.54, 1.807) is 6.07 Å². The van der Waals surface area contributed by atoms with Crippen LogP contribution in [0, 0.1) is 5.82 Å². The van der Waals surface area contributed by atoms with Gasteiger partial charge in [0.05, 0.1) is 6.61 Å². The maximum atomic E-state index is 13.7. The molecule has 1 aliphatic heterocycles. The van der Waals surface area contributed by atoms with Crippen molar-refractivity contribution in [2.24, 2.45) is 0 Å². The van der Waals surface area contributed by atoms with Gasteiger partial charge < -0.3 is 10.1 Å². The molecule has 0 aliphatic carbocycles. The van der Waals surface area contributed by atoms with Gasteiger partial charge in [-0.15, -0.1) is 0 Å². The molecule has 3 heteroatoms. The molecule has 3 rings (SSSR count). The molecule has 0 aromatic heterocycles. The van der Waals surface area contributed by atoms with E-state index in [4.69, 9.17) is 4.74 Å². The lowest BCUT2D eigenvalue weighted by Gasteiger charge is -2.18. The molecular weight excluding hydrogens is 265 g/mol. The zero-order chi connectivity index (χ0) is 14.7. The summed E-state index contributed by atoms with van der Waals surface area (Å²) >= 11 is 0. The Hall–Kier alpha value is -1.87. The molecule has 1 atom stereocenters. The summed E-state index contributed by atoms with van der Waals surface area (Å²) in [6.45, 7) is 3.46. The minimum Gasteiger partial charge on any atom is -0.493 e. The minimum absolute atomic E-state index is 0.151. The van der Waals surface area contributed by atoms with Crippen LogP contribution in [0.1, 0.15) is 36.1 Å². The summed E-state index contributed by atoms with van der Waals surface area (Å²) in [4.78, 5) is 0. The fourth-order valence-electron chi connectivity index (χ4n) is 2.80. The largest absolute Gasteiger partial charge is 0.493 e. The van der Waals surface area contributed by atoms with Gasteiger partial charge in [0.2, 0.25) is 0 Å². The SMILES string of the molecule is CCC(NCc1ccccc1F)c1ccc2c(c1)CCO2. The Morgan fingerprint density at radius 3 is 2.90 bits per heavy atom. The summed E-state index contributed by atoms with van der Waals surface area (Å²) < 4.78 is 19.2. The van der Waals surface area contributed by atoms with E-state index in [-0.39, 0.29) is 11.9 Å². The van der Waals surface area contributed by atoms with Crippen molar-refractivity contribution >= 4 is 0 Å². The van der Waals surface area contributed by atoms with Gasteiger partial charge in [-0.2, -0.15) is 0 Å². The Bertz CT molecular complexity index is 626. The zero-order valence-electron chi connectivity index (χ0n) is 12.2. The quantitative estimate of drug-likeness (QED) is 0.896. The number of benzene rings is 2. The first kappa shape index (κ1) is 14.1. The Morgan fingerprint density at radius 2 is 2.10 bits per heavy atom. The highest BCUT2D eigenvalue weighted by Gasteiger charge is 2.16. The number of hydrogen-bond donors (Lipinski definition) is 1. The lowest BCUT2D eigenvalue weighted by atomic mass is 10.0. The first-order chi connectivity index (χ1) is 10.3. The standard InChI is InChI=1S/C18H20FNO/c1-2-17(20-12-15-5-3-4-6-16(15)19)13-7-8-18-14(11-13)9-10-21-18/h3-8,11,17,20H,2,9-10,12H2,1H3. The highest BCUT2D eigenvalue weighted by molar-refractivity contribution is 5.40. The lowest BCUT2D eigenvalue weighted by molar-refractivity contribution is 0.356. The van der Waals surface area contributed by atoms with Crippen LogP contribution in [0.15, 0.2) is 42.5 Å². The molecule has 2 aromatic carbocycles. The van der Waals surface area contributed by atoms with Crippen molar-refractivity contribution in [3.63, 3.8) is 0 Å². The molecule has 0 spiro atoms. The predicted octanol–water partition coefficient (Wildman–Crippen LogP) is 4.00. The van der Waals surface area contributed by atoms with Gasteiger partial charge >= 0.3 is 0 Å². The molecule has 21 heavy (non-hydrogen) atoms. The Balaban J connectivity index is 1.72. The molecule has 2 nitrogen and oxygen atoms in total. The predicted molar refractivity (Wildman–Crippen MR) is 81.9 cm³/mol. The third kappa shape index (κ3) is 3.08. The molecule has 2 aromatic rings. The smallest absolute Gasteiger partial charge is 0.127 e. The van der Waals surface area contributed by atoms with Crippen LogP contribution < -0.4 is 10.1 Å². The highest BCUT2D eigenvalue weighted by Crippen LogP contribution is 2.29. The van der Waals surface area contributed by atoms with E-state index < -0.39 is 0 Å². The average Bonchev–Trinajstić information content (AvgIpc) is 2.97. The van der Waals surface area contributed by atoms with E-state index in [9.17, 15) is 4.39 Å². The van der Waals surface area contributed by atoms with E-state index >= 15 is 0 Å². The van der Waals surface area contributed by atoms with Crippen molar-refractivity contribution in [3.05, 3.63) is 65.0 Å². The summed E-state index contributed by atoms with van der Waals surface area (Å²) in [6, 6.07) is 13.5. The van der Waals surface area contributed by atoms with Gasteiger partial charge in [0.25, 0.3) is 0 Å². The molecule has 1 aliphatic rings. The number of fused-ring (bicyclic) bond motifs is 1. The number of rotatable bonds is 5. The molecule has 0 fully saturated rings.